The number of carbonyl (C=O) groups excluding carboxylic acids is 1. The highest BCUT2D eigenvalue weighted by Gasteiger charge is 2.61. The number of aliphatic hydroxyl groups is 1. The fourth-order valence-electron chi connectivity index (χ4n) is 2.38. The normalized spacial score (nSPS) is 17.0. The highest BCUT2D eigenvalue weighted by molar-refractivity contribution is 5.85. The number of halogens is 2. The van der Waals surface area contributed by atoms with Gasteiger partial charge in [-0.25, -0.2) is 0 Å². The van der Waals surface area contributed by atoms with Crippen LogP contribution in [0.5, 0.6) is 5.75 Å². The number of rotatable bonds is 5. The second-order valence-electron chi connectivity index (χ2n) is 5.45. The van der Waals surface area contributed by atoms with Gasteiger partial charge in [-0.2, -0.15) is 8.78 Å². The van der Waals surface area contributed by atoms with Crippen molar-refractivity contribution < 1.29 is 23.4 Å². The van der Waals surface area contributed by atoms with E-state index in [4.69, 9.17) is 4.74 Å². The molecule has 0 atom stereocenters. The molecule has 0 heterocycles. The minimum atomic E-state index is -3.76. The van der Waals surface area contributed by atoms with Crippen LogP contribution in [0.1, 0.15) is 30.4 Å². The van der Waals surface area contributed by atoms with Gasteiger partial charge in [0.25, 0.3) is 5.91 Å². The SMILES string of the molecule is COc1ccc(CNC(=O)C(F)(F)C2(O)CCC2)cc1C. The summed E-state index contributed by atoms with van der Waals surface area (Å²) in [6.07, 6.45) is 0.418. The second-order valence-corrected chi connectivity index (χ2v) is 5.45. The Bertz CT molecular complexity index is 542. The lowest BCUT2D eigenvalue weighted by atomic mass is 9.75. The molecule has 1 saturated carbocycles. The van der Waals surface area contributed by atoms with Crippen molar-refractivity contribution in [2.75, 3.05) is 7.11 Å². The maximum atomic E-state index is 13.9. The van der Waals surface area contributed by atoms with Gasteiger partial charge < -0.3 is 15.2 Å². The van der Waals surface area contributed by atoms with Crippen molar-refractivity contribution in [3.63, 3.8) is 0 Å². The number of alkyl halides is 2. The van der Waals surface area contributed by atoms with Crippen LogP contribution in [0.2, 0.25) is 0 Å². The van der Waals surface area contributed by atoms with Gasteiger partial charge in [-0.1, -0.05) is 12.1 Å². The average molecular weight is 299 g/mol. The summed E-state index contributed by atoms with van der Waals surface area (Å²) < 4.78 is 32.8. The molecule has 6 heteroatoms. The lowest BCUT2D eigenvalue weighted by molar-refractivity contribution is -0.216. The van der Waals surface area contributed by atoms with Crippen LogP contribution in [0, 0.1) is 6.92 Å². The van der Waals surface area contributed by atoms with Crippen molar-refractivity contribution in [1.29, 1.82) is 0 Å². The van der Waals surface area contributed by atoms with Crippen molar-refractivity contribution in [1.82, 2.24) is 5.32 Å². The van der Waals surface area contributed by atoms with E-state index in [-0.39, 0.29) is 19.4 Å². The third kappa shape index (κ3) is 2.85. The molecular formula is C15H19F2NO3. The van der Waals surface area contributed by atoms with Crippen molar-refractivity contribution in [3.05, 3.63) is 29.3 Å². The Kier molecular flexibility index (Phi) is 4.18. The predicted octanol–water partition coefficient (Wildman–Crippen LogP) is 2.17. The molecule has 0 radical (unpaired) electrons. The minimum Gasteiger partial charge on any atom is -0.496 e. The molecular weight excluding hydrogens is 280 g/mol. The Hall–Kier alpha value is -1.69. The maximum Gasteiger partial charge on any atom is 0.352 e. The van der Waals surface area contributed by atoms with Crippen molar-refractivity contribution in [3.8, 4) is 5.75 Å². The van der Waals surface area contributed by atoms with Gasteiger partial charge in [0.15, 0.2) is 0 Å². The van der Waals surface area contributed by atoms with Crippen LogP contribution in [0.15, 0.2) is 18.2 Å². The van der Waals surface area contributed by atoms with E-state index in [9.17, 15) is 18.7 Å². The van der Waals surface area contributed by atoms with Gasteiger partial charge in [0.05, 0.1) is 7.11 Å². The van der Waals surface area contributed by atoms with Crippen LogP contribution in [-0.2, 0) is 11.3 Å². The largest absolute Gasteiger partial charge is 0.496 e. The third-order valence-electron chi connectivity index (χ3n) is 3.96. The van der Waals surface area contributed by atoms with Crippen LogP contribution in [-0.4, -0.2) is 29.6 Å². The standard InChI is InChI=1S/C15H19F2NO3/c1-10-8-11(4-5-12(10)21-2)9-18-13(19)15(16,17)14(20)6-3-7-14/h4-5,8,20H,3,6-7,9H2,1-2H3,(H,18,19). The smallest absolute Gasteiger partial charge is 0.352 e. The van der Waals surface area contributed by atoms with E-state index in [1.165, 1.54) is 0 Å². The first kappa shape index (κ1) is 15.7. The summed E-state index contributed by atoms with van der Waals surface area (Å²) in [5, 5.41) is 11.9. The summed E-state index contributed by atoms with van der Waals surface area (Å²) in [5.74, 6) is -4.50. The second kappa shape index (κ2) is 5.60. The van der Waals surface area contributed by atoms with Gasteiger partial charge in [0.1, 0.15) is 11.4 Å². The Labute approximate surface area is 122 Å². The monoisotopic (exact) mass is 299 g/mol. The van der Waals surface area contributed by atoms with Crippen LogP contribution in [0.4, 0.5) is 8.78 Å². The Morgan fingerprint density at radius 2 is 2.14 bits per heavy atom. The zero-order chi connectivity index (χ0) is 15.7. The molecule has 2 rings (SSSR count). The molecule has 21 heavy (non-hydrogen) atoms. The van der Waals surface area contributed by atoms with Gasteiger partial charge in [-0.3, -0.25) is 4.79 Å². The van der Waals surface area contributed by atoms with E-state index in [0.29, 0.717) is 17.7 Å². The summed E-state index contributed by atoms with van der Waals surface area (Å²) in [6, 6.07) is 5.17. The molecule has 2 N–H and O–H groups in total. The van der Waals surface area contributed by atoms with Crippen LogP contribution < -0.4 is 10.1 Å². The first-order valence-corrected chi connectivity index (χ1v) is 6.82. The van der Waals surface area contributed by atoms with Gasteiger partial charge in [0.2, 0.25) is 0 Å². The zero-order valence-electron chi connectivity index (χ0n) is 12.1. The van der Waals surface area contributed by atoms with E-state index in [1.54, 1.807) is 25.3 Å². The third-order valence-corrected chi connectivity index (χ3v) is 3.96. The number of benzene rings is 1. The first-order chi connectivity index (χ1) is 9.80. The minimum absolute atomic E-state index is 0.0185. The van der Waals surface area contributed by atoms with Crippen molar-refractivity contribution in [2.45, 2.75) is 44.3 Å². The predicted molar refractivity (Wildman–Crippen MR) is 73.3 cm³/mol. The van der Waals surface area contributed by atoms with Crippen molar-refractivity contribution >= 4 is 5.91 Å². The summed E-state index contributed by atoms with van der Waals surface area (Å²) in [6.45, 7) is 1.81. The summed E-state index contributed by atoms with van der Waals surface area (Å²) in [4.78, 5) is 11.6. The average Bonchev–Trinajstić information content (AvgIpc) is 2.41. The number of amides is 1. The maximum absolute atomic E-state index is 13.9. The van der Waals surface area contributed by atoms with E-state index in [2.05, 4.69) is 5.32 Å². The molecule has 0 aliphatic heterocycles. The van der Waals surface area contributed by atoms with E-state index in [0.717, 1.165) is 5.56 Å². The number of carbonyl (C=O) groups is 1. The number of hydrogen-bond donors (Lipinski definition) is 2. The Morgan fingerprint density at radius 3 is 2.62 bits per heavy atom. The molecule has 1 aromatic rings. The molecule has 1 aliphatic rings. The van der Waals surface area contributed by atoms with Crippen LogP contribution in [0.25, 0.3) is 0 Å². The number of methoxy groups -OCH3 is 1. The van der Waals surface area contributed by atoms with Gasteiger partial charge in [-0.15, -0.1) is 0 Å². The summed E-state index contributed by atoms with van der Waals surface area (Å²) in [7, 11) is 1.55. The topological polar surface area (TPSA) is 58.6 Å². The highest BCUT2D eigenvalue weighted by atomic mass is 19.3. The number of nitrogens with one attached hydrogen (secondary N) is 1. The van der Waals surface area contributed by atoms with E-state index in [1.807, 2.05) is 6.92 Å². The van der Waals surface area contributed by atoms with E-state index < -0.39 is 17.4 Å². The molecule has 1 amide bonds. The lowest BCUT2D eigenvalue weighted by Gasteiger charge is -2.41. The van der Waals surface area contributed by atoms with Gasteiger partial charge in [-0.05, 0) is 43.4 Å². The molecule has 4 nitrogen and oxygen atoms in total. The van der Waals surface area contributed by atoms with Crippen LogP contribution in [0.3, 0.4) is 0 Å². The Balaban J connectivity index is 1.99. The molecule has 0 bridgehead atoms. The molecule has 1 aliphatic carbocycles. The van der Waals surface area contributed by atoms with E-state index >= 15 is 0 Å². The summed E-state index contributed by atoms with van der Waals surface area (Å²) >= 11 is 0. The zero-order valence-corrected chi connectivity index (χ0v) is 12.1. The lowest BCUT2D eigenvalue weighted by Crippen LogP contribution is -2.60. The molecule has 0 saturated heterocycles. The molecule has 1 aromatic carbocycles. The Morgan fingerprint density at radius 1 is 1.48 bits per heavy atom. The number of hydrogen-bond acceptors (Lipinski definition) is 3. The van der Waals surface area contributed by atoms with Gasteiger partial charge in [0, 0.05) is 6.54 Å². The molecule has 116 valence electrons. The molecule has 0 aromatic heterocycles. The fraction of sp³-hybridized carbons (Fsp3) is 0.533. The summed E-state index contributed by atoms with van der Waals surface area (Å²) in [5.41, 5.74) is -0.640. The number of ether oxygens (including phenoxy) is 1. The van der Waals surface area contributed by atoms with Crippen LogP contribution >= 0.6 is 0 Å². The first-order valence-electron chi connectivity index (χ1n) is 6.82. The molecule has 0 unspecified atom stereocenters. The number of aryl methyl sites for hydroxylation is 1. The fourth-order valence-corrected chi connectivity index (χ4v) is 2.38. The van der Waals surface area contributed by atoms with Crippen molar-refractivity contribution in [2.24, 2.45) is 0 Å². The van der Waals surface area contributed by atoms with Gasteiger partial charge >= 0.3 is 5.92 Å². The molecule has 1 fully saturated rings. The molecule has 0 spiro atoms. The quantitative estimate of drug-likeness (QED) is 0.876. The highest BCUT2D eigenvalue weighted by Crippen LogP contribution is 2.44.